The fourth-order valence-electron chi connectivity index (χ4n) is 3.04. The van der Waals surface area contributed by atoms with E-state index in [9.17, 15) is 19.2 Å². The Labute approximate surface area is 138 Å². The third-order valence-corrected chi connectivity index (χ3v) is 4.48. The van der Waals surface area contributed by atoms with E-state index in [4.69, 9.17) is 5.11 Å². The number of aliphatic carboxylic acids is 1. The number of imide groups is 1. The maximum Gasteiger partial charge on any atom is 0.351 e. The highest BCUT2D eigenvalue weighted by molar-refractivity contribution is 6.22. The van der Waals surface area contributed by atoms with Crippen molar-refractivity contribution in [2.24, 2.45) is 16.8 Å². The maximum atomic E-state index is 12.4. The first-order chi connectivity index (χ1) is 11.5. The average Bonchev–Trinajstić information content (AvgIpc) is 2.58. The Bertz CT molecular complexity index is 686. The molecule has 8 heteroatoms. The quantitative estimate of drug-likeness (QED) is 0.808. The molecule has 2 aliphatic heterocycles. The molecule has 0 aromatic heterocycles. The van der Waals surface area contributed by atoms with Crippen LogP contribution in [0.2, 0.25) is 0 Å². The number of piperidine rings is 1. The van der Waals surface area contributed by atoms with Crippen LogP contribution in [0, 0.1) is 11.8 Å². The van der Waals surface area contributed by atoms with E-state index in [1.54, 1.807) is 24.3 Å². The Kier molecular flexibility index (Phi) is 4.28. The van der Waals surface area contributed by atoms with Gasteiger partial charge in [0.25, 0.3) is 0 Å². The molecule has 3 rings (SSSR count). The van der Waals surface area contributed by atoms with Gasteiger partial charge in [-0.25, -0.2) is 4.79 Å². The summed E-state index contributed by atoms with van der Waals surface area (Å²) in [6.45, 7) is 0.263. The molecule has 0 spiro atoms. The molecule has 0 saturated carbocycles. The predicted octanol–water partition coefficient (Wildman–Crippen LogP) is 0.455. The Balaban J connectivity index is 1.65. The lowest BCUT2D eigenvalue weighted by Crippen LogP contribution is -2.51. The molecule has 2 heterocycles. The minimum absolute atomic E-state index is 0.312. The highest BCUT2D eigenvalue weighted by atomic mass is 16.4. The number of allylic oxidation sites excluding steroid dienone is 3. The number of likely N-dealkylation sites (tertiary alicyclic amines) is 1. The van der Waals surface area contributed by atoms with Gasteiger partial charge in [0.1, 0.15) is 6.54 Å². The molecule has 1 saturated heterocycles. The van der Waals surface area contributed by atoms with Crippen LogP contribution >= 0.6 is 0 Å². The molecule has 0 aromatic carbocycles. The van der Waals surface area contributed by atoms with E-state index < -0.39 is 29.7 Å². The Morgan fingerprint density at radius 2 is 1.92 bits per heavy atom. The summed E-state index contributed by atoms with van der Waals surface area (Å²) >= 11 is 0. The largest absolute Gasteiger partial charge is 0.481 e. The molecule has 0 radical (unpaired) electrons. The molecule has 0 aromatic rings. The van der Waals surface area contributed by atoms with Crippen molar-refractivity contribution >= 4 is 29.5 Å². The Morgan fingerprint density at radius 3 is 2.58 bits per heavy atom. The highest BCUT2D eigenvalue weighted by Crippen LogP contribution is 2.21. The second-order valence-electron chi connectivity index (χ2n) is 5.96. The topological polar surface area (TPSA) is 107 Å². The molecule has 126 valence electrons. The van der Waals surface area contributed by atoms with Crippen LogP contribution in [0.15, 0.2) is 29.3 Å². The summed E-state index contributed by atoms with van der Waals surface area (Å²) in [4.78, 5) is 54.0. The molecular formula is C16H17N3O5. The van der Waals surface area contributed by atoms with Crippen molar-refractivity contribution in [3.8, 4) is 0 Å². The number of urea groups is 1. The van der Waals surface area contributed by atoms with Crippen LogP contribution in [0.5, 0.6) is 0 Å². The number of rotatable bonds is 3. The van der Waals surface area contributed by atoms with Crippen molar-refractivity contribution in [1.82, 2.24) is 9.80 Å². The van der Waals surface area contributed by atoms with Gasteiger partial charge in [0.05, 0.1) is 17.5 Å². The second kappa shape index (κ2) is 6.38. The van der Waals surface area contributed by atoms with Gasteiger partial charge in [-0.15, -0.1) is 0 Å². The summed E-state index contributed by atoms with van der Waals surface area (Å²) in [5.41, 5.74) is 0.387. The van der Waals surface area contributed by atoms with Crippen LogP contribution < -0.4 is 0 Å². The minimum atomic E-state index is -0.859. The predicted molar refractivity (Wildman–Crippen MR) is 83.3 cm³/mol. The van der Waals surface area contributed by atoms with Crippen molar-refractivity contribution < 1.29 is 24.3 Å². The summed E-state index contributed by atoms with van der Waals surface area (Å²) in [6.07, 6.45) is 7.40. The lowest BCUT2D eigenvalue weighted by Gasteiger charge is -2.33. The SMILES string of the molecule is O=C(O)C1CCN(C(=O)CN2C(=O)N=C3C=CC=CC3C2=O)CC1. The van der Waals surface area contributed by atoms with Crippen molar-refractivity contribution in [2.45, 2.75) is 12.8 Å². The molecule has 1 atom stereocenters. The number of carboxylic acids is 1. The molecule has 8 nitrogen and oxygen atoms in total. The van der Waals surface area contributed by atoms with Gasteiger partial charge in [-0.2, -0.15) is 4.99 Å². The van der Waals surface area contributed by atoms with Crippen molar-refractivity contribution in [3.05, 3.63) is 24.3 Å². The van der Waals surface area contributed by atoms with Crippen LogP contribution in [0.3, 0.4) is 0 Å². The Hall–Kier alpha value is -2.77. The van der Waals surface area contributed by atoms with Crippen LogP contribution in [0.1, 0.15) is 12.8 Å². The molecule has 0 bridgehead atoms. The van der Waals surface area contributed by atoms with E-state index in [1.807, 2.05) is 0 Å². The van der Waals surface area contributed by atoms with Crippen molar-refractivity contribution in [3.63, 3.8) is 0 Å². The third-order valence-electron chi connectivity index (χ3n) is 4.48. The van der Waals surface area contributed by atoms with Gasteiger partial charge < -0.3 is 10.0 Å². The van der Waals surface area contributed by atoms with Gasteiger partial charge in [-0.05, 0) is 18.9 Å². The van der Waals surface area contributed by atoms with Crippen LogP contribution in [0.4, 0.5) is 4.79 Å². The van der Waals surface area contributed by atoms with E-state index in [0.29, 0.717) is 31.6 Å². The van der Waals surface area contributed by atoms with Gasteiger partial charge in [0, 0.05) is 13.1 Å². The number of nitrogens with zero attached hydrogens (tertiary/aromatic N) is 3. The normalized spacial score (nSPS) is 24.0. The number of carbonyl (C=O) groups excluding carboxylic acids is 3. The van der Waals surface area contributed by atoms with E-state index >= 15 is 0 Å². The first-order valence-electron chi connectivity index (χ1n) is 7.76. The van der Waals surface area contributed by atoms with Crippen LogP contribution in [0.25, 0.3) is 0 Å². The third kappa shape index (κ3) is 2.99. The van der Waals surface area contributed by atoms with Gasteiger partial charge in [-0.1, -0.05) is 18.2 Å². The molecule has 1 fully saturated rings. The zero-order chi connectivity index (χ0) is 17.3. The van der Waals surface area contributed by atoms with Crippen LogP contribution in [-0.2, 0) is 14.4 Å². The minimum Gasteiger partial charge on any atom is -0.481 e. The smallest absolute Gasteiger partial charge is 0.351 e. The summed E-state index contributed by atoms with van der Waals surface area (Å²) < 4.78 is 0. The van der Waals surface area contributed by atoms with Gasteiger partial charge in [0.2, 0.25) is 11.8 Å². The maximum absolute atomic E-state index is 12.4. The number of carbonyl (C=O) groups is 4. The standard InChI is InChI=1S/C16H17N3O5/c20-13(18-7-5-10(6-8-18)15(22)23)9-19-14(21)11-3-1-2-4-12(11)17-16(19)24/h1-4,10-11H,5-9H2,(H,22,23). The average molecular weight is 331 g/mol. The van der Waals surface area contributed by atoms with Crippen molar-refractivity contribution in [1.29, 1.82) is 0 Å². The molecular weight excluding hydrogens is 314 g/mol. The van der Waals surface area contributed by atoms with Gasteiger partial charge in [-0.3, -0.25) is 19.3 Å². The first kappa shape index (κ1) is 16.1. The molecule has 1 aliphatic carbocycles. The lowest BCUT2D eigenvalue weighted by molar-refractivity contribution is -0.146. The number of carboxylic acid groups (broad SMARTS) is 1. The summed E-state index contributed by atoms with van der Waals surface area (Å²) in [7, 11) is 0. The number of hydrogen-bond donors (Lipinski definition) is 1. The van der Waals surface area contributed by atoms with Gasteiger partial charge >= 0.3 is 12.0 Å². The summed E-state index contributed by atoms with van der Waals surface area (Å²) in [5.74, 6) is -2.76. The molecule has 1 N–H and O–H groups in total. The summed E-state index contributed by atoms with van der Waals surface area (Å²) in [6, 6.07) is -0.736. The number of aliphatic imine (C=N–C) groups is 1. The van der Waals surface area contributed by atoms with Crippen LogP contribution in [-0.4, -0.2) is 64.1 Å². The van der Waals surface area contributed by atoms with E-state index in [0.717, 1.165) is 4.90 Å². The first-order valence-corrected chi connectivity index (χ1v) is 7.76. The Morgan fingerprint density at radius 1 is 1.21 bits per heavy atom. The monoisotopic (exact) mass is 331 g/mol. The molecule has 24 heavy (non-hydrogen) atoms. The molecule has 4 amide bonds. The zero-order valence-electron chi connectivity index (χ0n) is 12.9. The summed E-state index contributed by atoms with van der Waals surface area (Å²) in [5, 5.41) is 8.98. The fourth-order valence-corrected chi connectivity index (χ4v) is 3.04. The number of hydrogen-bond acceptors (Lipinski definition) is 4. The molecule has 3 aliphatic rings. The van der Waals surface area contributed by atoms with E-state index in [1.165, 1.54) is 4.90 Å². The zero-order valence-corrected chi connectivity index (χ0v) is 12.9. The van der Waals surface area contributed by atoms with Crippen molar-refractivity contribution in [2.75, 3.05) is 19.6 Å². The second-order valence-corrected chi connectivity index (χ2v) is 5.96. The molecule has 1 unspecified atom stereocenters. The number of amides is 4. The fraction of sp³-hybridized carbons (Fsp3) is 0.438. The lowest BCUT2D eigenvalue weighted by atomic mass is 9.95. The van der Waals surface area contributed by atoms with E-state index in [-0.39, 0.29) is 12.5 Å². The highest BCUT2D eigenvalue weighted by Gasteiger charge is 2.38. The number of fused-ring (bicyclic) bond motifs is 1. The van der Waals surface area contributed by atoms with Gasteiger partial charge in [0.15, 0.2) is 0 Å². The van der Waals surface area contributed by atoms with E-state index in [2.05, 4.69) is 4.99 Å².